The zero-order chi connectivity index (χ0) is 16.8. The average molecular weight is 328 g/mol. The van der Waals surface area contributed by atoms with E-state index < -0.39 is 0 Å². The molecule has 1 saturated carbocycles. The molecule has 25 heavy (non-hydrogen) atoms. The molecule has 0 aliphatic heterocycles. The molecule has 0 radical (unpaired) electrons. The molecular formula is C23H20O2. The first-order valence-corrected chi connectivity index (χ1v) is 9.04. The highest BCUT2D eigenvalue weighted by molar-refractivity contribution is 6.02. The third kappa shape index (κ3) is 2.44. The van der Waals surface area contributed by atoms with Crippen molar-refractivity contribution in [3.05, 3.63) is 72.3 Å². The van der Waals surface area contributed by atoms with E-state index in [0.717, 1.165) is 18.4 Å². The van der Waals surface area contributed by atoms with Crippen molar-refractivity contribution >= 4 is 27.5 Å². The van der Waals surface area contributed by atoms with Crippen LogP contribution in [0.15, 0.2) is 66.7 Å². The van der Waals surface area contributed by atoms with E-state index in [9.17, 15) is 4.79 Å². The van der Waals surface area contributed by atoms with Gasteiger partial charge in [0.1, 0.15) is 6.61 Å². The normalized spacial score (nSPS) is 24.2. The Bertz CT molecular complexity index is 947. The lowest BCUT2D eigenvalue weighted by Crippen LogP contribution is -2.21. The monoisotopic (exact) mass is 328 g/mol. The Morgan fingerprint density at radius 3 is 2.20 bits per heavy atom. The molecule has 2 bridgehead atoms. The molecule has 3 aromatic rings. The fraction of sp³-hybridized carbons (Fsp3) is 0.261. The maximum absolute atomic E-state index is 12.6. The van der Waals surface area contributed by atoms with Gasteiger partial charge in [0.05, 0.1) is 5.92 Å². The van der Waals surface area contributed by atoms with Crippen molar-refractivity contribution < 1.29 is 9.53 Å². The Morgan fingerprint density at radius 2 is 1.60 bits per heavy atom. The molecule has 0 aromatic heterocycles. The molecule has 0 heterocycles. The maximum atomic E-state index is 12.6. The van der Waals surface area contributed by atoms with Crippen molar-refractivity contribution in [3.8, 4) is 0 Å². The van der Waals surface area contributed by atoms with Gasteiger partial charge in [-0.2, -0.15) is 0 Å². The van der Waals surface area contributed by atoms with E-state index in [-0.39, 0.29) is 11.9 Å². The highest BCUT2D eigenvalue weighted by atomic mass is 16.5. The molecule has 2 aliphatic carbocycles. The van der Waals surface area contributed by atoms with Crippen molar-refractivity contribution in [2.45, 2.75) is 19.4 Å². The van der Waals surface area contributed by atoms with Gasteiger partial charge in [-0.25, -0.2) is 0 Å². The quantitative estimate of drug-likeness (QED) is 0.373. The number of rotatable bonds is 3. The molecular weight excluding hydrogens is 308 g/mol. The van der Waals surface area contributed by atoms with Gasteiger partial charge in [0.25, 0.3) is 0 Å². The Hall–Kier alpha value is -2.61. The number of ether oxygens (including phenoxy) is 1. The molecule has 124 valence electrons. The van der Waals surface area contributed by atoms with Crippen LogP contribution in [0.3, 0.4) is 0 Å². The molecule has 3 aromatic carbocycles. The first-order valence-electron chi connectivity index (χ1n) is 9.04. The summed E-state index contributed by atoms with van der Waals surface area (Å²) in [6, 6.07) is 18.9. The lowest BCUT2D eigenvalue weighted by atomic mass is 9.94. The average Bonchev–Trinajstić information content (AvgIpc) is 3.28. The number of carbonyl (C=O) groups excluding carboxylic acids is 1. The van der Waals surface area contributed by atoms with Crippen molar-refractivity contribution in [2.75, 3.05) is 0 Å². The summed E-state index contributed by atoms with van der Waals surface area (Å²) in [6.45, 7) is 0.346. The number of benzene rings is 3. The van der Waals surface area contributed by atoms with E-state index in [1.54, 1.807) is 0 Å². The second-order valence-electron chi connectivity index (χ2n) is 7.29. The molecule has 0 N–H and O–H groups in total. The van der Waals surface area contributed by atoms with Gasteiger partial charge in [0.15, 0.2) is 0 Å². The van der Waals surface area contributed by atoms with Gasteiger partial charge in [-0.1, -0.05) is 60.7 Å². The first-order chi connectivity index (χ1) is 12.3. The highest BCUT2D eigenvalue weighted by Crippen LogP contribution is 2.44. The molecule has 2 heteroatoms. The van der Waals surface area contributed by atoms with Crippen LogP contribution in [-0.4, -0.2) is 5.97 Å². The number of hydrogen-bond acceptors (Lipinski definition) is 2. The zero-order valence-electron chi connectivity index (χ0n) is 14.0. The smallest absolute Gasteiger partial charge is 0.309 e. The van der Waals surface area contributed by atoms with Crippen LogP contribution in [-0.2, 0) is 16.1 Å². The summed E-state index contributed by atoms with van der Waals surface area (Å²) in [5.41, 5.74) is 1.11. The number of allylic oxidation sites excluding steroid dienone is 2. The van der Waals surface area contributed by atoms with Crippen LogP contribution in [0.2, 0.25) is 0 Å². The third-order valence-corrected chi connectivity index (χ3v) is 5.82. The summed E-state index contributed by atoms with van der Waals surface area (Å²) in [6.07, 6.45) is 6.54. The molecule has 1 fully saturated rings. The van der Waals surface area contributed by atoms with Crippen molar-refractivity contribution in [3.63, 3.8) is 0 Å². The van der Waals surface area contributed by atoms with E-state index in [1.165, 1.54) is 21.5 Å². The number of carbonyl (C=O) groups is 1. The Morgan fingerprint density at radius 1 is 0.920 bits per heavy atom. The number of hydrogen-bond donors (Lipinski definition) is 0. The van der Waals surface area contributed by atoms with Crippen LogP contribution in [0.4, 0.5) is 0 Å². The van der Waals surface area contributed by atoms with E-state index in [1.807, 2.05) is 12.1 Å². The van der Waals surface area contributed by atoms with E-state index in [4.69, 9.17) is 4.74 Å². The predicted octanol–water partition coefficient (Wildman–Crippen LogP) is 5.25. The summed E-state index contributed by atoms with van der Waals surface area (Å²) in [5.74, 6) is 0.993. The van der Waals surface area contributed by atoms with Gasteiger partial charge >= 0.3 is 5.97 Å². The standard InChI is InChI=1S/C23H20O2/c24-23(21-12-15-9-10-18(21)11-15)25-14-22-19-7-3-1-5-16(19)13-17-6-2-4-8-20(17)22/h1-10,13,15,18,21H,11-12,14H2. The lowest BCUT2D eigenvalue weighted by Gasteiger charge is -2.18. The number of fused-ring (bicyclic) bond motifs is 4. The van der Waals surface area contributed by atoms with Crippen molar-refractivity contribution in [1.82, 2.24) is 0 Å². The second-order valence-corrected chi connectivity index (χ2v) is 7.29. The molecule has 5 rings (SSSR count). The number of esters is 1. The zero-order valence-corrected chi connectivity index (χ0v) is 14.0. The first kappa shape index (κ1) is 14.7. The molecule has 0 saturated heterocycles. The van der Waals surface area contributed by atoms with Gasteiger partial charge in [-0.3, -0.25) is 4.79 Å². The lowest BCUT2D eigenvalue weighted by molar-refractivity contribution is -0.150. The van der Waals surface area contributed by atoms with Crippen LogP contribution >= 0.6 is 0 Å². The fourth-order valence-electron chi connectivity index (χ4n) is 4.57. The van der Waals surface area contributed by atoms with Gasteiger partial charge < -0.3 is 4.74 Å². The summed E-state index contributed by atoms with van der Waals surface area (Å²) < 4.78 is 5.81. The van der Waals surface area contributed by atoms with Crippen molar-refractivity contribution in [2.24, 2.45) is 17.8 Å². The van der Waals surface area contributed by atoms with Crippen LogP contribution < -0.4 is 0 Å². The SMILES string of the molecule is O=C(OCc1c2ccccc2cc2ccccc12)C1CC2C=CC1C2. The summed E-state index contributed by atoms with van der Waals surface area (Å²) in [4.78, 5) is 12.6. The van der Waals surface area contributed by atoms with E-state index in [0.29, 0.717) is 18.4 Å². The predicted molar refractivity (Wildman–Crippen MR) is 100 cm³/mol. The van der Waals surface area contributed by atoms with Gasteiger partial charge in [-0.15, -0.1) is 0 Å². The minimum atomic E-state index is -0.0335. The third-order valence-electron chi connectivity index (χ3n) is 5.82. The molecule has 3 atom stereocenters. The summed E-state index contributed by atoms with van der Waals surface area (Å²) in [5, 5.41) is 4.72. The molecule has 0 spiro atoms. The van der Waals surface area contributed by atoms with Crippen LogP contribution in [0.5, 0.6) is 0 Å². The van der Waals surface area contributed by atoms with Crippen LogP contribution in [0.25, 0.3) is 21.5 Å². The maximum Gasteiger partial charge on any atom is 0.309 e. The van der Waals surface area contributed by atoms with Gasteiger partial charge in [0.2, 0.25) is 0 Å². The summed E-state index contributed by atoms with van der Waals surface area (Å²) in [7, 11) is 0. The van der Waals surface area contributed by atoms with Gasteiger partial charge in [0, 0.05) is 5.56 Å². The molecule has 3 unspecified atom stereocenters. The molecule has 2 nitrogen and oxygen atoms in total. The fourth-order valence-corrected chi connectivity index (χ4v) is 4.57. The van der Waals surface area contributed by atoms with Crippen LogP contribution in [0.1, 0.15) is 18.4 Å². The molecule has 2 aliphatic rings. The largest absolute Gasteiger partial charge is 0.461 e. The minimum Gasteiger partial charge on any atom is -0.461 e. The summed E-state index contributed by atoms with van der Waals surface area (Å²) >= 11 is 0. The van der Waals surface area contributed by atoms with Gasteiger partial charge in [-0.05, 0) is 52.3 Å². The Labute approximate surface area is 147 Å². The highest BCUT2D eigenvalue weighted by Gasteiger charge is 2.40. The second kappa shape index (κ2) is 5.73. The van der Waals surface area contributed by atoms with E-state index >= 15 is 0 Å². The topological polar surface area (TPSA) is 26.3 Å². The van der Waals surface area contributed by atoms with Crippen LogP contribution in [0, 0.1) is 17.8 Å². The minimum absolute atomic E-state index is 0.0335. The Kier molecular flexibility index (Phi) is 3.37. The Balaban J connectivity index is 1.49. The molecule has 0 amide bonds. The van der Waals surface area contributed by atoms with E-state index in [2.05, 4.69) is 54.6 Å². The van der Waals surface area contributed by atoms with Crippen molar-refractivity contribution in [1.29, 1.82) is 0 Å².